The predicted octanol–water partition coefficient (Wildman–Crippen LogP) is 1.65. The van der Waals surface area contributed by atoms with Crippen molar-refractivity contribution in [2.75, 3.05) is 26.2 Å². The molecule has 98 valence electrons. The fourth-order valence-corrected chi connectivity index (χ4v) is 2.19. The van der Waals surface area contributed by atoms with Crippen molar-refractivity contribution in [3.8, 4) is 0 Å². The third-order valence-electron chi connectivity index (χ3n) is 2.49. The first-order valence-corrected chi connectivity index (χ1v) is 6.82. The van der Waals surface area contributed by atoms with Crippen LogP contribution in [0.15, 0.2) is 0 Å². The van der Waals surface area contributed by atoms with E-state index < -0.39 is 9.67 Å². The fourth-order valence-electron chi connectivity index (χ4n) is 1.63. The third-order valence-corrected chi connectivity index (χ3v) is 3.24. The quantitative estimate of drug-likeness (QED) is 0.726. The lowest BCUT2D eigenvalue weighted by Gasteiger charge is -2.22. The van der Waals surface area contributed by atoms with Gasteiger partial charge in [-0.25, -0.2) is 0 Å². The van der Waals surface area contributed by atoms with Gasteiger partial charge >= 0.3 is 0 Å². The molecule has 0 radical (unpaired) electrons. The van der Waals surface area contributed by atoms with Crippen LogP contribution in [0.2, 0.25) is 0 Å². The lowest BCUT2D eigenvalue weighted by atomic mass is 10.4. The molecule has 1 aliphatic heterocycles. The fraction of sp³-hybridized carbons (Fsp3) is 0.778. The molecule has 0 unspecified atom stereocenters. The highest BCUT2D eigenvalue weighted by Gasteiger charge is 2.26. The summed E-state index contributed by atoms with van der Waals surface area (Å²) in [6, 6.07) is 0. The molecule has 8 heteroatoms. The first kappa shape index (κ1) is 15.2. The van der Waals surface area contributed by atoms with E-state index in [0.717, 1.165) is 0 Å². The molecule has 2 amide bonds. The molecule has 0 atom stereocenters. The summed E-state index contributed by atoms with van der Waals surface area (Å²) in [5, 5.41) is 0. The van der Waals surface area contributed by atoms with Crippen molar-refractivity contribution in [2.24, 2.45) is 0 Å². The standard InChI is InChI=1S/C9H12Cl4N2O2/c10-6(11)8(16)14-2-1-3-15(5-4-14)9(17)7(12)13/h6-7H,1-5H2. The van der Waals surface area contributed by atoms with Gasteiger partial charge in [0.2, 0.25) is 0 Å². The van der Waals surface area contributed by atoms with Crippen molar-refractivity contribution >= 4 is 58.2 Å². The second kappa shape index (κ2) is 6.88. The molecule has 0 aliphatic carbocycles. The van der Waals surface area contributed by atoms with Gasteiger partial charge in [-0.05, 0) is 6.42 Å². The Balaban J connectivity index is 2.56. The number of carbonyl (C=O) groups excluding carboxylic acids is 2. The summed E-state index contributed by atoms with van der Waals surface area (Å²) in [5.74, 6) is -0.674. The van der Waals surface area contributed by atoms with Crippen LogP contribution in [-0.2, 0) is 9.59 Å². The molecule has 17 heavy (non-hydrogen) atoms. The molecule has 4 nitrogen and oxygen atoms in total. The highest BCUT2D eigenvalue weighted by atomic mass is 35.5. The van der Waals surface area contributed by atoms with Gasteiger partial charge in [0.05, 0.1) is 0 Å². The smallest absolute Gasteiger partial charge is 0.255 e. The predicted molar refractivity (Wildman–Crippen MR) is 68.8 cm³/mol. The lowest BCUT2D eigenvalue weighted by Crippen LogP contribution is -2.40. The van der Waals surface area contributed by atoms with E-state index in [0.29, 0.717) is 32.6 Å². The summed E-state index contributed by atoms with van der Waals surface area (Å²) < 4.78 is 0. The number of nitrogens with zero attached hydrogens (tertiary/aromatic N) is 2. The second-order valence-corrected chi connectivity index (χ2v) is 5.80. The SMILES string of the molecule is O=C(C(Cl)Cl)N1CCCN(C(=O)C(Cl)Cl)CC1. The molecule has 0 N–H and O–H groups in total. The largest absolute Gasteiger partial charge is 0.339 e. The van der Waals surface area contributed by atoms with Crippen molar-refractivity contribution in [1.29, 1.82) is 0 Å². The molecule has 0 aromatic carbocycles. The number of amides is 2. The average Bonchev–Trinajstić information content (AvgIpc) is 2.52. The minimum absolute atomic E-state index is 0.337. The monoisotopic (exact) mass is 320 g/mol. The van der Waals surface area contributed by atoms with Crippen LogP contribution in [-0.4, -0.2) is 57.5 Å². The summed E-state index contributed by atoms with van der Waals surface area (Å²) in [4.78, 5) is 24.1. The lowest BCUT2D eigenvalue weighted by molar-refractivity contribution is -0.131. The maximum absolute atomic E-state index is 11.6. The van der Waals surface area contributed by atoms with E-state index in [1.54, 1.807) is 0 Å². The average molecular weight is 322 g/mol. The van der Waals surface area contributed by atoms with Crippen LogP contribution in [0, 0.1) is 0 Å². The number of carbonyl (C=O) groups is 2. The Labute approximate surface area is 120 Å². The maximum atomic E-state index is 11.6. The molecule has 1 rings (SSSR count). The summed E-state index contributed by atoms with van der Waals surface area (Å²) in [5.41, 5.74) is 0. The zero-order valence-electron chi connectivity index (χ0n) is 8.91. The van der Waals surface area contributed by atoms with Gasteiger partial charge in [-0.15, -0.1) is 0 Å². The van der Waals surface area contributed by atoms with E-state index in [4.69, 9.17) is 46.4 Å². The van der Waals surface area contributed by atoms with E-state index in [-0.39, 0.29) is 11.8 Å². The Kier molecular flexibility index (Phi) is 6.13. The van der Waals surface area contributed by atoms with Crippen molar-refractivity contribution in [1.82, 2.24) is 9.80 Å². The van der Waals surface area contributed by atoms with Crippen LogP contribution >= 0.6 is 46.4 Å². The Morgan fingerprint density at radius 1 is 0.765 bits per heavy atom. The van der Waals surface area contributed by atoms with Crippen LogP contribution in [0.25, 0.3) is 0 Å². The molecule has 0 saturated carbocycles. The normalized spacial score (nSPS) is 17.5. The summed E-state index contributed by atoms with van der Waals surface area (Å²) in [6.07, 6.45) is 0.651. The molecule has 0 aromatic heterocycles. The molecule has 0 spiro atoms. The third kappa shape index (κ3) is 4.36. The first-order chi connectivity index (χ1) is 7.93. The van der Waals surface area contributed by atoms with E-state index in [2.05, 4.69) is 0 Å². The zero-order chi connectivity index (χ0) is 13.0. The van der Waals surface area contributed by atoms with Gasteiger partial charge < -0.3 is 9.80 Å². The summed E-state index contributed by atoms with van der Waals surface area (Å²) >= 11 is 22.1. The van der Waals surface area contributed by atoms with Gasteiger partial charge in [-0.1, -0.05) is 46.4 Å². The highest BCUT2D eigenvalue weighted by Crippen LogP contribution is 2.13. The van der Waals surface area contributed by atoms with Crippen LogP contribution in [0.3, 0.4) is 0 Å². The summed E-state index contributed by atoms with van der Waals surface area (Å²) in [6.45, 7) is 1.82. The molecule has 0 bridgehead atoms. The molecule has 0 aromatic rings. The van der Waals surface area contributed by atoms with Crippen LogP contribution in [0.5, 0.6) is 0 Å². The van der Waals surface area contributed by atoms with Crippen molar-refractivity contribution in [3.63, 3.8) is 0 Å². The number of halogens is 4. The van der Waals surface area contributed by atoms with Crippen molar-refractivity contribution < 1.29 is 9.59 Å². The number of hydrogen-bond acceptors (Lipinski definition) is 2. The molecule has 1 aliphatic rings. The van der Waals surface area contributed by atoms with Crippen LogP contribution in [0.1, 0.15) is 6.42 Å². The van der Waals surface area contributed by atoms with E-state index in [1.807, 2.05) is 0 Å². The van der Waals surface area contributed by atoms with Gasteiger partial charge in [0.1, 0.15) is 0 Å². The van der Waals surface area contributed by atoms with Crippen molar-refractivity contribution in [3.05, 3.63) is 0 Å². The molecule has 1 fully saturated rings. The second-order valence-electron chi connectivity index (χ2n) is 3.61. The maximum Gasteiger partial charge on any atom is 0.255 e. The minimum atomic E-state index is -1.06. The Morgan fingerprint density at radius 2 is 1.12 bits per heavy atom. The van der Waals surface area contributed by atoms with E-state index in [9.17, 15) is 9.59 Å². The Hall–Kier alpha value is 0.1000. The number of hydrogen-bond donors (Lipinski definition) is 0. The molecular weight excluding hydrogens is 310 g/mol. The van der Waals surface area contributed by atoms with Crippen LogP contribution in [0.4, 0.5) is 0 Å². The van der Waals surface area contributed by atoms with E-state index in [1.165, 1.54) is 9.80 Å². The molecular formula is C9H12Cl4N2O2. The zero-order valence-corrected chi connectivity index (χ0v) is 11.9. The number of rotatable bonds is 2. The highest BCUT2D eigenvalue weighted by molar-refractivity contribution is 6.54. The van der Waals surface area contributed by atoms with Gasteiger partial charge in [0.25, 0.3) is 11.8 Å². The van der Waals surface area contributed by atoms with Gasteiger partial charge in [0.15, 0.2) is 9.67 Å². The summed E-state index contributed by atoms with van der Waals surface area (Å²) in [7, 11) is 0. The number of alkyl halides is 4. The molecule has 1 heterocycles. The Bertz CT molecular complexity index is 271. The van der Waals surface area contributed by atoms with E-state index >= 15 is 0 Å². The minimum Gasteiger partial charge on any atom is -0.339 e. The van der Waals surface area contributed by atoms with Gasteiger partial charge in [0, 0.05) is 26.2 Å². The molecule has 1 saturated heterocycles. The van der Waals surface area contributed by atoms with Gasteiger partial charge in [-0.2, -0.15) is 0 Å². The first-order valence-electron chi connectivity index (χ1n) is 5.07. The topological polar surface area (TPSA) is 40.6 Å². The van der Waals surface area contributed by atoms with Crippen LogP contribution < -0.4 is 0 Å². The Morgan fingerprint density at radius 3 is 1.41 bits per heavy atom. The van der Waals surface area contributed by atoms with Gasteiger partial charge in [-0.3, -0.25) is 9.59 Å². The van der Waals surface area contributed by atoms with Crippen molar-refractivity contribution in [2.45, 2.75) is 16.1 Å².